The molecule has 1 saturated heterocycles. The van der Waals surface area contributed by atoms with Gasteiger partial charge in [0.1, 0.15) is 5.76 Å². The Bertz CT molecular complexity index is 813. The Kier molecular flexibility index (Phi) is 8.32. The van der Waals surface area contributed by atoms with Gasteiger partial charge >= 0.3 is 0 Å². The maximum Gasteiger partial charge on any atom is 0.251 e. The minimum atomic E-state index is -0.0608. The van der Waals surface area contributed by atoms with Crippen molar-refractivity contribution < 1.29 is 9.21 Å². The molecular weight excluding hydrogens is 378 g/mol. The van der Waals surface area contributed by atoms with Crippen LogP contribution in [0, 0.1) is 6.92 Å². The summed E-state index contributed by atoms with van der Waals surface area (Å²) in [5, 5.41) is 9.53. The molecular formula is C23H33N5O2. The predicted octanol–water partition coefficient (Wildman–Crippen LogP) is 2.71. The van der Waals surface area contributed by atoms with E-state index in [1.807, 2.05) is 50.2 Å². The topological polar surface area (TPSA) is 81.9 Å². The van der Waals surface area contributed by atoms with Crippen molar-refractivity contribution in [1.29, 1.82) is 0 Å². The first-order chi connectivity index (χ1) is 14.7. The number of amides is 1. The lowest BCUT2D eigenvalue weighted by atomic mass is 10.1. The highest BCUT2D eigenvalue weighted by Crippen LogP contribution is 2.25. The van der Waals surface area contributed by atoms with Crippen LogP contribution in [-0.4, -0.2) is 56.0 Å². The normalized spacial score (nSPS) is 15.7. The molecule has 1 aliphatic heterocycles. The van der Waals surface area contributed by atoms with Gasteiger partial charge in [0.05, 0.1) is 18.8 Å². The van der Waals surface area contributed by atoms with Crippen molar-refractivity contribution in [3.05, 3.63) is 59.5 Å². The molecule has 0 spiro atoms. The van der Waals surface area contributed by atoms with Crippen LogP contribution in [0.3, 0.4) is 0 Å². The Labute approximate surface area is 178 Å². The number of furan rings is 1. The van der Waals surface area contributed by atoms with Gasteiger partial charge in [0.15, 0.2) is 5.96 Å². The summed E-state index contributed by atoms with van der Waals surface area (Å²) in [6.45, 7) is 8.70. The van der Waals surface area contributed by atoms with E-state index in [4.69, 9.17) is 9.41 Å². The molecule has 3 N–H and O–H groups in total. The number of hydrogen-bond acceptors (Lipinski definition) is 4. The number of rotatable bonds is 9. The van der Waals surface area contributed by atoms with Crippen LogP contribution in [-0.2, 0) is 0 Å². The summed E-state index contributed by atoms with van der Waals surface area (Å²) in [6.07, 6.45) is 4.17. The number of carbonyl (C=O) groups excluding carboxylic acids is 1. The van der Waals surface area contributed by atoms with Crippen LogP contribution < -0.4 is 16.0 Å². The van der Waals surface area contributed by atoms with E-state index in [9.17, 15) is 4.79 Å². The zero-order valence-corrected chi connectivity index (χ0v) is 18.0. The molecule has 7 nitrogen and oxygen atoms in total. The Hall–Kier alpha value is -2.80. The Morgan fingerprint density at radius 1 is 1.13 bits per heavy atom. The first kappa shape index (κ1) is 21.9. The molecule has 0 radical (unpaired) electrons. The van der Waals surface area contributed by atoms with Crippen LogP contribution in [0.1, 0.15) is 47.5 Å². The summed E-state index contributed by atoms with van der Waals surface area (Å²) in [4.78, 5) is 19.5. The second kappa shape index (κ2) is 11.4. The van der Waals surface area contributed by atoms with Gasteiger partial charge in [-0.3, -0.25) is 14.7 Å². The summed E-state index contributed by atoms with van der Waals surface area (Å²) in [7, 11) is 0. The van der Waals surface area contributed by atoms with Crippen LogP contribution in [0.15, 0.2) is 52.1 Å². The summed E-state index contributed by atoms with van der Waals surface area (Å²) in [6, 6.07) is 11.7. The number of benzene rings is 1. The summed E-state index contributed by atoms with van der Waals surface area (Å²) in [5.74, 6) is 1.65. The van der Waals surface area contributed by atoms with Gasteiger partial charge in [-0.1, -0.05) is 17.7 Å². The van der Waals surface area contributed by atoms with Crippen molar-refractivity contribution in [3.63, 3.8) is 0 Å². The van der Waals surface area contributed by atoms with Crippen molar-refractivity contribution >= 4 is 11.9 Å². The standard InChI is InChI=1S/C23H33N5O2/c1-3-24-23(26-12-11-25-22(29)19-9-6-8-18(2)16-19)27-17-20(21-10-7-15-30-21)28-13-4-5-14-28/h6-10,15-16,20H,3-5,11-14,17H2,1-2H3,(H,25,29)(H2,24,26,27). The molecule has 1 fully saturated rings. The van der Waals surface area contributed by atoms with Crippen LogP contribution >= 0.6 is 0 Å². The molecule has 1 aromatic carbocycles. The molecule has 162 valence electrons. The van der Waals surface area contributed by atoms with Gasteiger partial charge in [0.2, 0.25) is 0 Å². The third kappa shape index (κ3) is 6.35. The fourth-order valence-electron chi connectivity index (χ4n) is 3.68. The first-order valence-corrected chi connectivity index (χ1v) is 10.8. The molecule has 30 heavy (non-hydrogen) atoms. The van der Waals surface area contributed by atoms with Crippen LogP contribution in [0.5, 0.6) is 0 Å². The van der Waals surface area contributed by atoms with Crippen LogP contribution in [0.2, 0.25) is 0 Å². The molecule has 1 unspecified atom stereocenters. The molecule has 7 heteroatoms. The van der Waals surface area contributed by atoms with Crippen molar-refractivity contribution in [2.75, 3.05) is 39.3 Å². The Morgan fingerprint density at radius 3 is 2.63 bits per heavy atom. The maximum atomic E-state index is 12.3. The van der Waals surface area contributed by atoms with E-state index in [0.717, 1.165) is 36.9 Å². The van der Waals surface area contributed by atoms with E-state index in [-0.39, 0.29) is 11.9 Å². The van der Waals surface area contributed by atoms with Gasteiger partial charge in [-0.15, -0.1) is 0 Å². The van der Waals surface area contributed by atoms with E-state index in [1.165, 1.54) is 12.8 Å². The highest BCUT2D eigenvalue weighted by molar-refractivity contribution is 5.94. The molecule has 0 aliphatic carbocycles. The lowest BCUT2D eigenvalue weighted by molar-refractivity contribution is 0.0954. The van der Waals surface area contributed by atoms with Gasteiger partial charge in [-0.2, -0.15) is 0 Å². The Balaban J connectivity index is 1.51. The second-order valence-electron chi connectivity index (χ2n) is 7.55. The third-order valence-corrected chi connectivity index (χ3v) is 5.20. The highest BCUT2D eigenvalue weighted by Gasteiger charge is 2.25. The zero-order valence-electron chi connectivity index (χ0n) is 18.0. The van der Waals surface area contributed by atoms with Gasteiger partial charge in [-0.05, 0) is 64.0 Å². The largest absolute Gasteiger partial charge is 0.468 e. The molecule has 2 heterocycles. The molecule has 3 rings (SSSR count). The van der Waals surface area contributed by atoms with E-state index in [1.54, 1.807) is 6.26 Å². The number of nitrogens with one attached hydrogen (secondary N) is 3. The third-order valence-electron chi connectivity index (χ3n) is 5.20. The fourth-order valence-corrected chi connectivity index (χ4v) is 3.68. The maximum absolute atomic E-state index is 12.3. The second-order valence-corrected chi connectivity index (χ2v) is 7.55. The van der Waals surface area contributed by atoms with Gasteiger partial charge < -0.3 is 20.4 Å². The number of carbonyl (C=O) groups is 1. The smallest absolute Gasteiger partial charge is 0.251 e. The van der Waals surface area contributed by atoms with Gasteiger partial charge in [0.25, 0.3) is 5.91 Å². The number of aryl methyl sites for hydroxylation is 1. The van der Waals surface area contributed by atoms with Gasteiger partial charge in [0, 0.05) is 25.2 Å². The first-order valence-electron chi connectivity index (χ1n) is 10.8. The van der Waals surface area contributed by atoms with Crippen LogP contribution in [0.4, 0.5) is 0 Å². The monoisotopic (exact) mass is 411 g/mol. The molecule has 1 amide bonds. The number of nitrogens with zero attached hydrogens (tertiary/aromatic N) is 2. The number of aliphatic imine (C=N–C) groups is 1. The average molecular weight is 412 g/mol. The number of hydrogen-bond donors (Lipinski definition) is 3. The average Bonchev–Trinajstić information content (AvgIpc) is 3.46. The minimum Gasteiger partial charge on any atom is -0.468 e. The lowest BCUT2D eigenvalue weighted by Crippen LogP contribution is -2.42. The van der Waals surface area contributed by atoms with E-state index >= 15 is 0 Å². The molecule has 1 atom stereocenters. The van der Waals surface area contributed by atoms with Crippen molar-refractivity contribution in [3.8, 4) is 0 Å². The highest BCUT2D eigenvalue weighted by atomic mass is 16.3. The summed E-state index contributed by atoms with van der Waals surface area (Å²) < 4.78 is 5.68. The summed E-state index contributed by atoms with van der Waals surface area (Å²) in [5.41, 5.74) is 1.76. The molecule has 2 aromatic rings. The molecule has 0 bridgehead atoms. The minimum absolute atomic E-state index is 0.0608. The SMILES string of the molecule is CCNC(=NCC(c1ccco1)N1CCCC1)NCCNC(=O)c1cccc(C)c1. The van der Waals surface area contributed by atoms with Crippen molar-refractivity contribution in [2.24, 2.45) is 4.99 Å². The van der Waals surface area contributed by atoms with Crippen molar-refractivity contribution in [1.82, 2.24) is 20.9 Å². The predicted molar refractivity (Wildman–Crippen MR) is 120 cm³/mol. The molecule has 0 saturated carbocycles. The molecule has 1 aromatic heterocycles. The van der Waals surface area contributed by atoms with Crippen LogP contribution in [0.25, 0.3) is 0 Å². The zero-order chi connectivity index (χ0) is 21.2. The Morgan fingerprint density at radius 2 is 1.93 bits per heavy atom. The van der Waals surface area contributed by atoms with E-state index in [0.29, 0.717) is 25.2 Å². The number of guanidine groups is 1. The summed E-state index contributed by atoms with van der Waals surface area (Å²) >= 11 is 0. The molecule has 1 aliphatic rings. The van der Waals surface area contributed by atoms with E-state index in [2.05, 4.69) is 20.9 Å². The van der Waals surface area contributed by atoms with E-state index < -0.39 is 0 Å². The van der Waals surface area contributed by atoms with Gasteiger partial charge in [-0.25, -0.2) is 0 Å². The van der Waals surface area contributed by atoms with Crippen molar-refractivity contribution in [2.45, 2.75) is 32.7 Å². The number of likely N-dealkylation sites (tertiary alicyclic amines) is 1. The fraction of sp³-hybridized carbons (Fsp3) is 0.478. The lowest BCUT2D eigenvalue weighted by Gasteiger charge is -2.24. The quantitative estimate of drug-likeness (QED) is 0.336.